The number of carbonyl (C=O) groups excluding carboxylic acids is 2. The van der Waals surface area contributed by atoms with Crippen molar-refractivity contribution in [3.05, 3.63) is 48.3 Å². The number of carbonyl (C=O) groups is 2. The van der Waals surface area contributed by atoms with Crippen molar-refractivity contribution in [2.75, 3.05) is 36.2 Å². The summed E-state index contributed by atoms with van der Waals surface area (Å²) < 4.78 is 17.5. The van der Waals surface area contributed by atoms with Gasteiger partial charge in [-0.05, 0) is 32.0 Å². The molecular formula is C24H25N7O6. The van der Waals surface area contributed by atoms with E-state index in [9.17, 15) is 14.7 Å². The molecular weight excluding hydrogens is 482 g/mol. The Balaban J connectivity index is 1.36. The Kier molecular flexibility index (Phi) is 6.01. The summed E-state index contributed by atoms with van der Waals surface area (Å²) in [6.07, 6.45) is 0.132. The molecule has 4 heterocycles. The van der Waals surface area contributed by atoms with Crippen molar-refractivity contribution in [1.29, 1.82) is 0 Å². The molecule has 2 atom stereocenters. The van der Waals surface area contributed by atoms with Crippen LogP contribution in [0.3, 0.4) is 0 Å². The number of benzene rings is 1. The fourth-order valence-corrected chi connectivity index (χ4v) is 4.12. The van der Waals surface area contributed by atoms with Crippen molar-refractivity contribution in [1.82, 2.24) is 19.9 Å². The number of amides is 2. The van der Waals surface area contributed by atoms with E-state index in [4.69, 9.17) is 19.7 Å². The molecule has 1 aliphatic rings. The molecule has 37 heavy (non-hydrogen) atoms. The Morgan fingerprint density at radius 1 is 1.30 bits per heavy atom. The summed E-state index contributed by atoms with van der Waals surface area (Å²) in [6.45, 7) is 3.37. The minimum atomic E-state index is -2.19. The highest BCUT2D eigenvalue weighted by molar-refractivity contribution is 6.06. The van der Waals surface area contributed by atoms with Crippen molar-refractivity contribution >= 4 is 40.1 Å². The highest BCUT2D eigenvalue weighted by Crippen LogP contribution is 2.28. The average molecular weight is 508 g/mol. The monoisotopic (exact) mass is 507 g/mol. The molecule has 0 spiro atoms. The number of morpholine rings is 1. The Morgan fingerprint density at radius 2 is 2.11 bits per heavy atom. The quantitative estimate of drug-likeness (QED) is 0.347. The third kappa shape index (κ3) is 4.34. The van der Waals surface area contributed by atoms with Gasteiger partial charge in [0.1, 0.15) is 0 Å². The van der Waals surface area contributed by atoms with Gasteiger partial charge in [-0.15, -0.1) is 5.10 Å². The lowest BCUT2D eigenvalue weighted by Crippen LogP contribution is -2.61. The third-order valence-corrected chi connectivity index (χ3v) is 6.14. The number of nitrogen functional groups attached to an aromatic ring is 1. The van der Waals surface area contributed by atoms with E-state index in [1.165, 1.54) is 25.0 Å². The number of aryl methyl sites for hydroxylation is 1. The fraction of sp³-hybridized carbons (Fsp3) is 0.292. The van der Waals surface area contributed by atoms with E-state index in [0.29, 0.717) is 34.0 Å². The molecule has 4 aromatic rings. The minimum Gasteiger partial charge on any atom is -0.481 e. The predicted octanol–water partition coefficient (Wildman–Crippen LogP) is 1.43. The summed E-state index contributed by atoms with van der Waals surface area (Å²) in [6, 6.07) is 9.95. The predicted molar refractivity (Wildman–Crippen MR) is 132 cm³/mol. The summed E-state index contributed by atoms with van der Waals surface area (Å²) in [7, 11) is 1.52. The largest absolute Gasteiger partial charge is 0.481 e. The molecule has 2 amide bonds. The molecule has 0 aliphatic carbocycles. The maximum atomic E-state index is 13.4. The average Bonchev–Trinajstić information content (AvgIpc) is 3.46. The zero-order valence-electron chi connectivity index (χ0n) is 20.3. The number of pyridine rings is 1. The highest BCUT2D eigenvalue weighted by atomic mass is 16.5. The summed E-state index contributed by atoms with van der Waals surface area (Å²) in [5.74, 6) is -0.422. The van der Waals surface area contributed by atoms with Gasteiger partial charge in [0.2, 0.25) is 5.88 Å². The molecule has 1 aliphatic heterocycles. The zero-order chi connectivity index (χ0) is 26.3. The molecule has 13 heteroatoms. The van der Waals surface area contributed by atoms with Crippen molar-refractivity contribution in [2.45, 2.75) is 25.6 Å². The normalized spacial score (nSPS) is 17.6. The van der Waals surface area contributed by atoms with Crippen LogP contribution in [0, 0.1) is 6.92 Å². The second kappa shape index (κ2) is 9.19. The van der Waals surface area contributed by atoms with Gasteiger partial charge in [0.25, 0.3) is 11.8 Å². The number of methoxy groups -OCH3 is 1. The number of anilines is 3. The van der Waals surface area contributed by atoms with Crippen LogP contribution in [-0.4, -0.2) is 68.8 Å². The molecule has 0 radical (unpaired) electrons. The van der Waals surface area contributed by atoms with Gasteiger partial charge in [0, 0.05) is 35.8 Å². The lowest BCUT2D eigenvalue weighted by atomic mass is 9.95. The molecule has 2 unspecified atom stereocenters. The van der Waals surface area contributed by atoms with E-state index in [1.807, 2.05) is 6.92 Å². The van der Waals surface area contributed by atoms with Gasteiger partial charge < -0.3 is 30.2 Å². The topological polar surface area (TPSA) is 171 Å². The van der Waals surface area contributed by atoms with Gasteiger partial charge in [0.05, 0.1) is 31.3 Å². The lowest BCUT2D eigenvalue weighted by molar-refractivity contribution is -0.165. The van der Waals surface area contributed by atoms with Crippen LogP contribution in [0.15, 0.2) is 47.1 Å². The molecule has 4 N–H and O–H groups in total. The second-order valence-corrected chi connectivity index (χ2v) is 8.73. The number of ether oxygens (including phenoxy) is 2. The first kappa shape index (κ1) is 24.2. The molecule has 1 aromatic carbocycles. The van der Waals surface area contributed by atoms with Gasteiger partial charge in [-0.2, -0.15) is 0 Å². The molecule has 1 fully saturated rings. The van der Waals surface area contributed by atoms with Crippen LogP contribution in [0.4, 0.5) is 17.3 Å². The standard InChI is InChI=1S/C24H25N7O6/c1-13-10-18(28-31(13)15-6-7-26-19(12-15)35-3)30-8-9-36-20(22(30)32)24(2,34)23(33)27-14-4-5-16-17(11-14)37-29-21(16)25/h4-7,10-12,20,34H,8-9H2,1-3H3,(H2,25,29)(H,27,33). The van der Waals surface area contributed by atoms with Gasteiger partial charge >= 0.3 is 0 Å². The molecule has 192 valence electrons. The van der Waals surface area contributed by atoms with Gasteiger partial charge in [-0.3, -0.25) is 14.5 Å². The molecule has 3 aromatic heterocycles. The number of aliphatic hydroxyl groups is 1. The zero-order valence-corrected chi connectivity index (χ0v) is 20.3. The van der Waals surface area contributed by atoms with E-state index in [2.05, 4.69) is 20.6 Å². The number of nitrogens with zero attached hydrogens (tertiary/aromatic N) is 5. The third-order valence-electron chi connectivity index (χ3n) is 6.14. The van der Waals surface area contributed by atoms with Crippen molar-refractivity contribution in [3.8, 4) is 11.6 Å². The maximum absolute atomic E-state index is 13.4. The van der Waals surface area contributed by atoms with Crippen LogP contribution >= 0.6 is 0 Å². The summed E-state index contributed by atoms with van der Waals surface area (Å²) in [5.41, 5.74) is 5.68. The van der Waals surface area contributed by atoms with Gasteiger partial charge in [0.15, 0.2) is 28.9 Å². The van der Waals surface area contributed by atoms with Crippen molar-refractivity contribution < 1.29 is 28.7 Å². The van der Waals surface area contributed by atoms with Crippen molar-refractivity contribution in [3.63, 3.8) is 0 Å². The van der Waals surface area contributed by atoms with Crippen LogP contribution in [-0.2, 0) is 14.3 Å². The molecule has 1 saturated heterocycles. The molecule has 5 rings (SSSR count). The Labute approximate surface area is 210 Å². The molecule has 0 bridgehead atoms. The van der Waals surface area contributed by atoms with E-state index in [0.717, 1.165) is 5.69 Å². The summed E-state index contributed by atoms with van der Waals surface area (Å²) in [5, 5.41) is 22.6. The first-order valence-electron chi connectivity index (χ1n) is 11.4. The smallest absolute Gasteiger partial charge is 0.260 e. The number of hydrogen-bond donors (Lipinski definition) is 3. The van der Waals surface area contributed by atoms with E-state index >= 15 is 0 Å². The van der Waals surface area contributed by atoms with Crippen LogP contribution in [0.2, 0.25) is 0 Å². The van der Waals surface area contributed by atoms with Crippen LogP contribution < -0.4 is 20.7 Å². The van der Waals surface area contributed by atoms with Crippen LogP contribution in [0.5, 0.6) is 5.88 Å². The highest BCUT2D eigenvalue weighted by Gasteiger charge is 2.49. The Hall–Kier alpha value is -4.49. The van der Waals surface area contributed by atoms with Crippen molar-refractivity contribution in [2.24, 2.45) is 0 Å². The summed E-state index contributed by atoms with van der Waals surface area (Å²) in [4.78, 5) is 31.9. The van der Waals surface area contributed by atoms with Crippen LogP contribution in [0.25, 0.3) is 16.7 Å². The molecule has 0 saturated carbocycles. The fourth-order valence-electron chi connectivity index (χ4n) is 4.12. The SMILES string of the molecule is COc1cc(-n2nc(N3CCOC(C(C)(O)C(=O)Nc4ccc5c(N)noc5c4)C3=O)cc2C)ccn1. The number of nitrogens with one attached hydrogen (secondary N) is 1. The minimum absolute atomic E-state index is 0.0954. The van der Waals surface area contributed by atoms with Gasteiger partial charge in [-0.1, -0.05) is 5.16 Å². The number of nitrogens with two attached hydrogens (primary N) is 1. The van der Waals surface area contributed by atoms with Crippen LogP contribution in [0.1, 0.15) is 12.6 Å². The lowest BCUT2D eigenvalue weighted by Gasteiger charge is -2.37. The second-order valence-electron chi connectivity index (χ2n) is 8.73. The Morgan fingerprint density at radius 3 is 2.89 bits per heavy atom. The number of aromatic nitrogens is 4. The number of rotatable bonds is 6. The van der Waals surface area contributed by atoms with E-state index in [1.54, 1.807) is 41.2 Å². The molecule has 13 nitrogen and oxygen atoms in total. The number of fused-ring (bicyclic) bond motifs is 1. The summed E-state index contributed by atoms with van der Waals surface area (Å²) >= 11 is 0. The van der Waals surface area contributed by atoms with Gasteiger partial charge in [-0.25, -0.2) is 9.67 Å². The first-order chi connectivity index (χ1) is 17.7. The number of hydrogen-bond acceptors (Lipinski definition) is 10. The van der Waals surface area contributed by atoms with E-state index < -0.39 is 23.5 Å². The van der Waals surface area contributed by atoms with E-state index in [-0.39, 0.29) is 19.0 Å². The Bertz CT molecular complexity index is 1490. The first-order valence-corrected chi connectivity index (χ1v) is 11.4. The maximum Gasteiger partial charge on any atom is 0.260 e.